The Kier molecular flexibility index (Phi) is 4.37. The van der Waals surface area contributed by atoms with Crippen molar-refractivity contribution in [3.8, 4) is 5.75 Å². The van der Waals surface area contributed by atoms with Crippen LogP contribution in [0.3, 0.4) is 0 Å². The molecule has 6 nitrogen and oxygen atoms in total. The molecule has 3 rings (SSSR count). The Morgan fingerprint density at radius 3 is 2.75 bits per heavy atom. The van der Waals surface area contributed by atoms with Crippen LogP contribution in [0.2, 0.25) is 0 Å². The first-order valence-corrected chi connectivity index (χ1v) is 7.70. The predicted molar refractivity (Wildman–Crippen MR) is 92.7 cm³/mol. The first-order valence-electron chi connectivity index (χ1n) is 7.70. The number of nitrogens with one attached hydrogen (secondary N) is 2. The van der Waals surface area contributed by atoms with Crippen LogP contribution in [0.15, 0.2) is 42.5 Å². The molecule has 0 aromatic heterocycles. The number of rotatable bonds is 2. The standard InChI is InChI=1S/C18H19N3O3/c1-12-5-3-4-6-15(12)20-18(23)19-13-7-8-16-14(11-13)17(22)21(2)9-10-24-16/h3-8,11H,9-10H2,1-2H3,(H2,19,20,23). The van der Waals surface area contributed by atoms with Gasteiger partial charge in [0, 0.05) is 18.4 Å². The number of hydrogen-bond acceptors (Lipinski definition) is 3. The third kappa shape index (κ3) is 3.32. The maximum atomic E-state index is 12.3. The zero-order valence-corrected chi connectivity index (χ0v) is 13.6. The van der Waals surface area contributed by atoms with E-state index in [4.69, 9.17) is 4.74 Å². The first kappa shape index (κ1) is 15.9. The van der Waals surface area contributed by atoms with E-state index in [2.05, 4.69) is 10.6 Å². The average molecular weight is 325 g/mol. The molecule has 0 spiro atoms. The smallest absolute Gasteiger partial charge is 0.323 e. The summed E-state index contributed by atoms with van der Waals surface area (Å²) in [5.41, 5.74) is 2.69. The summed E-state index contributed by atoms with van der Waals surface area (Å²) in [5.74, 6) is 0.416. The number of anilines is 2. The van der Waals surface area contributed by atoms with E-state index in [1.165, 1.54) is 0 Å². The fourth-order valence-electron chi connectivity index (χ4n) is 2.50. The molecule has 1 heterocycles. The summed E-state index contributed by atoms with van der Waals surface area (Å²) in [4.78, 5) is 26.1. The summed E-state index contributed by atoms with van der Waals surface area (Å²) >= 11 is 0. The minimum absolute atomic E-state index is 0.120. The van der Waals surface area contributed by atoms with Gasteiger partial charge in [0.05, 0.1) is 12.1 Å². The number of ether oxygens (including phenoxy) is 1. The molecule has 3 amide bonds. The van der Waals surface area contributed by atoms with Gasteiger partial charge in [0.2, 0.25) is 0 Å². The molecule has 0 radical (unpaired) electrons. The molecule has 0 unspecified atom stereocenters. The van der Waals surface area contributed by atoms with Crippen LogP contribution in [0.4, 0.5) is 16.2 Å². The van der Waals surface area contributed by atoms with Crippen LogP contribution in [-0.2, 0) is 0 Å². The number of amides is 3. The molecule has 0 saturated heterocycles. The van der Waals surface area contributed by atoms with E-state index in [0.29, 0.717) is 30.2 Å². The lowest BCUT2D eigenvalue weighted by molar-refractivity contribution is 0.0796. The van der Waals surface area contributed by atoms with E-state index in [0.717, 1.165) is 11.3 Å². The average Bonchev–Trinajstić information content (AvgIpc) is 2.70. The van der Waals surface area contributed by atoms with E-state index < -0.39 is 0 Å². The third-order valence-electron chi connectivity index (χ3n) is 3.89. The van der Waals surface area contributed by atoms with Crippen LogP contribution in [0.1, 0.15) is 15.9 Å². The number of likely N-dealkylation sites (N-methyl/N-ethyl adjacent to an activating group) is 1. The van der Waals surface area contributed by atoms with Crippen molar-refractivity contribution in [2.24, 2.45) is 0 Å². The number of aryl methyl sites for hydroxylation is 1. The van der Waals surface area contributed by atoms with E-state index in [9.17, 15) is 9.59 Å². The molecule has 24 heavy (non-hydrogen) atoms. The molecular formula is C18H19N3O3. The first-order chi connectivity index (χ1) is 11.5. The van der Waals surface area contributed by atoms with Crippen molar-refractivity contribution in [2.75, 3.05) is 30.8 Å². The van der Waals surface area contributed by atoms with Gasteiger partial charge in [-0.05, 0) is 36.8 Å². The minimum atomic E-state index is -0.361. The lowest BCUT2D eigenvalue weighted by atomic mass is 10.1. The molecule has 1 aliphatic heterocycles. The van der Waals surface area contributed by atoms with E-state index in [-0.39, 0.29) is 11.9 Å². The van der Waals surface area contributed by atoms with Gasteiger partial charge in [0.25, 0.3) is 5.91 Å². The summed E-state index contributed by atoms with van der Waals surface area (Å²) < 4.78 is 5.57. The molecule has 2 aromatic carbocycles. The molecule has 6 heteroatoms. The minimum Gasteiger partial charge on any atom is -0.491 e. The summed E-state index contributed by atoms with van der Waals surface area (Å²) in [7, 11) is 1.73. The SMILES string of the molecule is Cc1ccccc1NC(=O)Nc1ccc2c(c1)C(=O)N(C)CCO2. The van der Waals surface area contributed by atoms with E-state index in [1.807, 2.05) is 31.2 Å². The van der Waals surface area contributed by atoms with Crippen molar-refractivity contribution in [3.05, 3.63) is 53.6 Å². The van der Waals surface area contributed by atoms with Crippen molar-refractivity contribution in [3.63, 3.8) is 0 Å². The summed E-state index contributed by atoms with van der Waals surface area (Å²) in [6, 6.07) is 12.2. The highest BCUT2D eigenvalue weighted by atomic mass is 16.5. The molecule has 2 N–H and O–H groups in total. The van der Waals surface area contributed by atoms with Gasteiger partial charge in [-0.2, -0.15) is 0 Å². The van der Waals surface area contributed by atoms with Crippen LogP contribution in [0.5, 0.6) is 5.75 Å². The molecule has 124 valence electrons. The molecule has 1 aliphatic rings. The number of benzene rings is 2. The van der Waals surface area contributed by atoms with Gasteiger partial charge in [-0.1, -0.05) is 18.2 Å². The molecule has 0 atom stereocenters. The zero-order valence-electron chi connectivity index (χ0n) is 13.6. The monoisotopic (exact) mass is 325 g/mol. The molecule has 0 saturated carbocycles. The maximum Gasteiger partial charge on any atom is 0.323 e. The van der Waals surface area contributed by atoms with Crippen molar-refractivity contribution >= 4 is 23.3 Å². The number of carbonyl (C=O) groups is 2. The number of carbonyl (C=O) groups excluding carboxylic acids is 2. The van der Waals surface area contributed by atoms with Gasteiger partial charge < -0.3 is 20.3 Å². The van der Waals surface area contributed by atoms with E-state index in [1.54, 1.807) is 30.1 Å². The third-order valence-corrected chi connectivity index (χ3v) is 3.89. The highest BCUT2D eigenvalue weighted by molar-refractivity contribution is 6.02. The Morgan fingerprint density at radius 1 is 1.17 bits per heavy atom. The lowest BCUT2D eigenvalue weighted by Gasteiger charge is -2.14. The maximum absolute atomic E-state index is 12.3. The summed E-state index contributed by atoms with van der Waals surface area (Å²) in [5, 5.41) is 5.54. The molecular weight excluding hydrogens is 306 g/mol. The number of nitrogens with zero attached hydrogens (tertiary/aromatic N) is 1. The van der Waals surface area contributed by atoms with Gasteiger partial charge in [-0.3, -0.25) is 4.79 Å². The number of fused-ring (bicyclic) bond motifs is 1. The van der Waals surface area contributed by atoms with Crippen LogP contribution in [-0.4, -0.2) is 37.0 Å². The highest BCUT2D eigenvalue weighted by Gasteiger charge is 2.21. The van der Waals surface area contributed by atoms with Crippen LogP contribution < -0.4 is 15.4 Å². The van der Waals surface area contributed by atoms with Gasteiger partial charge in [-0.15, -0.1) is 0 Å². The largest absolute Gasteiger partial charge is 0.491 e. The van der Waals surface area contributed by atoms with Crippen molar-refractivity contribution in [1.29, 1.82) is 0 Å². The predicted octanol–water partition coefficient (Wildman–Crippen LogP) is 3.10. The van der Waals surface area contributed by atoms with Crippen LogP contribution >= 0.6 is 0 Å². The summed E-state index contributed by atoms with van der Waals surface area (Å²) in [6.07, 6.45) is 0. The number of hydrogen-bond donors (Lipinski definition) is 2. The Morgan fingerprint density at radius 2 is 1.96 bits per heavy atom. The van der Waals surface area contributed by atoms with Gasteiger partial charge in [0.1, 0.15) is 12.4 Å². The Hall–Kier alpha value is -3.02. The Bertz CT molecular complexity index is 789. The molecule has 0 fully saturated rings. The van der Waals surface area contributed by atoms with Gasteiger partial charge in [-0.25, -0.2) is 4.79 Å². The Labute approximate surface area is 140 Å². The molecule has 0 aliphatic carbocycles. The highest BCUT2D eigenvalue weighted by Crippen LogP contribution is 2.26. The molecule has 2 aromatic rings. The fourth-order valence-corrected chi connectivity index (χ4v) is 2.50. The zero-order chi connectivity index (χ0) is 17.1. The van der Waals surface area contributed by atoms with Crippen LogP contribution in [0, 0.1) is 6.92 Å². The van der Waals surface area contributed by atoms with Crippen molar-refractivity contribution in [2.45, 2.75) is 6.92 Å². The Balaban J connectivity index is 1.76. The normalized spacial score (nSPS) is 13.6. The topological polar surface area (TPSA) is 70.7 Å². The summed E-state index contributed by atoms with van der Waals surface area (Å²) in [6.45, 7) is 2.91. The van der Waals surface area contributed by atoms with Crippen LogP contribution in [0.25, 0.3) is 0 Å². The second-order valence-corrected chi connectivity index (χ2v) is 5.68. The van der Waals surface area contributed by atoms with Gasteiger partial charge >= 0.3 is 6.03 Å². The van der Waals surface area contributed by atoms with Crippen molar-refractivity contribution in [1.82, 2.24) is 4.90 Å². The second kappa shape index (κ2) is 6.62. The molecule has 0 bridgehead atoms. The second-order valence-electron chi connectivity index (χ2n) is 5.68. The quantitative estimate of drug-likeness (QED) is 0.891. The number of urea groups is 1. The van der Waals surface area contributed by atoms with E-state index >= 15 is 0 Å². The number of para-hydroxylation sites is 1. The fraction of sp³-hybridized carbons (Fsp3) is 0.222. The van der Waals surface area contributed by atoms with Crippen molar-refractivity contribution < 1.29 is 14.3 Å². The lowest BCUT2D eigenvalue weighted by Crippen LogP contribution is -2.28. The van der Waals surface area contributed by atoms with Gasteiger partial charge in [0.15, 0.2) is 0 Å².